The Bertz CT molecular complexity index is 892. The van der Waals surface area contributed by atoms with E-state index in [1.54, 1.807) is 11.0 Å². The van der Waals surface area contributed by atoms with Crippen LogP contribution in [0.5, 0.6) is 0 Å². The van der Waals surface area contributed by atoms with Crippen LogP contribution in [-0.4, -0.2) is 36.0 Å². The largest absolute Gasteiger partial charge is 0.455 e. The number of carbonyl (C=O) groups is 1. The Morgan fingerprint density at radius 1 is 1.36 bits per heavy atom. The van der Waals surface area contributed by atoms with E-state index in [1.807, 2.05) is 19.2 Å². The van der Waals surface area contributed by atoms with E-state index in [0.29, 0.717) is 29.8 Å². The second-order valence-electron chi connectivity index (χ2n) is 5.62. The van der Waals surface area contributed by atoms with Crippen LogP contribution in [0.3, 0.4) is 0 Å². The second-order valence-corrected chi connectivity index (χ2v) is 6.58. The first-order valence-electron chi connectivity index (χ1n) is 7.92. The van der Waals surface area contributed by atoms with Crippen LogP contribution in [0.15, 0.2) is 34.2 Å². The molecule has 25 heavy (non-hydrogen) atoms. The van der Waals surface area contributed by atoms with Crippen molar-refractivity contribution in [2.75, 3.05) is 0 Å². The summed E-state index contributed by atoms with van der Waals surface area (Å²) >= 11 is 1.47. The number of hydrogen-bond donors (Lipinski definition) is 1. The normalized spacial score (nSPS) is 13.2. The van der Waals surface area contributed by atoms with E-state index in [2.05, 4.69) is 25.1 Å². The maximum absolute atomic E-state index is 12.7. The zero-order valence-corrected chi connectivity index (χ0v) is 14.4. The molecule has 0 saturated carbocycles. The van der Waals surface area contributed by atoms with Crippen molar-refractivity contribution in [3.8, 4) is 0 Å². The fraction of sp³-hybridized carbons (Fsp3) is 0.312. The molecule has 0 bridgehead atoms. The van der Waals surface area contributed by atoms with E-state index in [1.165, 1.54) is 18.1 Å². The number of H-pyrrole nitrogens is 1. The summed E-state index contributed by atoms with van der Waals surface area (Å²) in [6, 6.07) is 3.53. The average molecular weight is 356 g/mol. The van der Waals surface area contributed by atoms with Gasteiger partial charge in [0.1, 0.15) is 17.9 Å². The molecule has 0 unspecified atom stereocenters. The van der Waals surface area contributed by atoms with Gasteiger partial charge in [-0.2, -0.15) is 5.10 Å². The van der Waals surface area contributed by atoms with E-state index in [-0.39, 0.29) is 5.91 Å². The number of thioether (sulfide) groups is 1. The number of carbonyl (C=O) groups excluding carboxylic acids is 1. The van der Waals surface area contributed by atoms with E-state index >= 15 is 0 Å². The summed E-state index contributed by atoms with van der Waals surface area (Å²) in [6.45, 7) is 3.02. The lowest BCUT2D eigenvalue weighted by Gasteiger charge is -2.12. The first-order chi connectivity index (χ1) is 12.2. The van der Waals surface area contributed by atoms with Crippen molar-refractivity contribution in [1.82, 2.24) is 30.0 Å². The minimum Gasteiger partial charge on any atom is -0.455 e. The van der Waals surface area contributed by atoms with Crippen LogP contribution >= 0.6 is 11.8 Å². The number of aromatic amines is 1. The molecule has 1 aliphatic rings. The van der Waals surface area contributed by atoms with Crippen LogP contribution in [-0.2, 0) is 25.3 Å². The van der Waals surface area contributed by atoms with Crippen molar-refractivity contribution < 1.29 is 9.21 Å². The highest BCUT2D eigenvalue weighted by Crippen LogP contribution is 2.25. The molecule has 3 aromatic rings. The van der Waals surface area contributed by atoms with Gasteiger partial charge < -0.3 is 9.32 Å². The molecule has 1 aliphatic heterocycles. The number of amides is 1. The van der Waals surface area contributed by atoms with Crippen molar-refractivity contribution in [1.29, 1.82) is 0 Å². The molecule has 4 rings (SSSR count). The van der Waals surface area contributed by atoms with E-state index in [0.717, 1.165) is 29.3 Å². The number of fused-ring (bicyclic) bond motifs is 1. The summed E-state index contributed by atoms with van der Waals surface area (Å²) in [5.74, 6) is 2.30. The van der Waals surface area contributed by atoms with Crippen molar-refractivity contribution in [2.24, 2.45) is 0 Å². The molecule has 0 spiro atoms. The van der Waals surface area contributed by atoms with E-state index < -0.39 is 0 Å². The van der Waals surface area contributed by atoms with Gasteiger partial charge in [-0.15, -0.1) is 0 Å². The monoisotopic (exact) mass is 356 g/mol. The number of rotatable bonds is 5. The molecule has 1 N–H and O–H groups in total. The fourth-order valence-electron chi connectivity index (χ4n) is 2.64. The van der Waals surface area contributed by atoms with Gasteiger partial charge in [0, 0.05) is 24.7 Å². The highest BCUT2D eigenvalue weighted by Gasteiger charge is 2.27. The van der Waals surface area contributed by atoms with Gasteiger partial charge in [-0.1, -0.05) is 18.7 Å². The molecular formula is C16H16N6O2S. The molecule has 0 aliphatic carbocycles. The molecule has 0 atom stereocenters. The Balaban J connectivity index is 1.42. The molecule has 3 aromatic heterocycles. The van der Waals surface area contributed by atoms with Crippen LogP contribution < -0.4 is 0 Å². The van der Waals surface area contributed by atoms with Crippen molar-refractivity contribution in [2.45, 2.75) is 37.3 Å². The van der Waals surface area contributed by atoms with Gasteiger partial charge in [0.05, 0.1) is 18.0 Å². The zero-order valence-electron chi connectivity index (χ0n) is 13.6. The predicted molar refractivity (Wildman–Crippen MR) is 89.6 cm³/mol. The average Bonchev–Trinajstić information content (AvgIpc) is 3.38. The summed E-state index contributed by atoms with van der Waals surface area (Å²) in [7, 11) is 0. The fourth-order valence-corrected chi connectivity index (χ4v) is 3.31. The molecule has 4 heterocycles. The summed E-state index contributed by atoms with van der Waals surface area (Å²) in [5.41, 5.74) is 1.92. The van der Waals surface area contributed by atoms with Crippen LogP contribution in [0.25, 0.3) is 0 Å². The molecule has 1 amide bonds. The number of nitrogens with one attached hydrogen (secondary N) is 1. The van der Waals surface area contributed by atoms with Crippen LogP contribution in [0.4, 0.5) is 0 Å². The van der Waals surface area contributed by atoms with Crippen LogP contribution in [0, 0.1) is 0 Å². The Kier molecular flexibility index (Phi) is 4.22. The number of nitrogens with zero attached hydrogens (tertiary/aromatic N) is 5. The summed E-state index contributed by atoms with van der Waals surface area (Å²) in [6.07, 6.45) is 4.05. The Morgan fingerprint density at radius 2 is 2.28 bits per heavy atom. The third-order valence-corrected chi connectivity index (χ3v) is 4.82. The third-order valence-electron chi connectivity index (χ3n) is 3.93. The topological polar surface area (TPSA) is 101 Å². The standard InChI is InChI=1S/C16H16N6O2S/c1-2-14-17-5-10-6-22(7-12(10)20-14)15(23)13-4-3-11(24-13)8-25-16-18-9-19-21-16/h3-5,9H,2,6-8H2,1H3,(H,18,19,21). The lowest BCUT2D eigenvalue weighted by molar-refractivity contribution is 0.0716. The second kappa shape index (κ2) is 6.67. The van der Waals surface area contributed by atoms with Gasteiger partial charge in [-0.25, -0.2) is 15.0 Å². The van der Waals surface area contributed by atoms with Gasteiger partial charge in [0.15, 0.2) is 10.9 Å². The molecule has 8 nitrogen and oxygen atoms in total. The number of aromatic nitrogens is 5. The third kappa shape index (κ3) is 3.27. The lowest BCUT2D eigenvalue weighted by atomic mass is 10.3. The first kappa shape index (κ1) is 15.8. The highest BCUT2D eigenvalue weighted by atomic mass is 32.2. The summed E-state index contributed by atoms with van der Waals surface area (Å²) in [5, 5.41) is 7.28. The van der Waals surface area contributed by atoms with Gasteiger partial charge in [0.25, 0.3) is 5.91 Å². The van der Waals surface area contributed by atoms with Gasteiger partial charge in [-0.3, -0.25) is 9.89 Å². The zero-order chi connectivity index (χ0) is 17.2. The predicted octanol–water partition coefficient (Wildman–Crippen LogP) is 2.20. The van der Waals surface area contributed by atoms with E-state index in [9.17, 15) is 4.79 Å². The van der Waals surface area contributed by atoms with Crippen molar-refractivity contribution in [3.63, 3.8) is 0 Å². The SMILES string of the molecule is CCc1ncc2c(n1)CN(C(=O)c1ccc(CSc3ncn[nH]3)o1)C2. The van der Waals surface area contributed by atoms with Crippen LogP contribution in [0.2, 0.25) is 0 Å². The Hall–Kier alpha value is -2.68. The Labute approximate surface area is 148 Å². The quantitative estimate of drug-likeness (QED) is 0.699. The van der Waals surface area contributed by atoms with Crippen molar-refractivity contribution >= 4 is 17.7 Å². The lowest BCUT2D eigenvalue weighted by Crippen LogP contribution is -2.24. The molecule has 128 valence electrons. The summed E-state index contributed by atoms with van der Waals surface area (Å²) < 4.78 is 5.69. The van der Waals surface area contributed by atoms with Gasteiger partial charge in [0.2, 0.25) is 0 Å². The number of hydrogen-bond acceptors (Lipinski definition) is 7. The highest BCUT2D eigenvalue weighted by molar-refractivity contribution is 7.98. The summed E-state index contributed by atoms with van der Waals surface area (Å²) in [4.78, 5) is 27.2. The maximum Gasteiger partial charge on any atom is 0.290 e. The van der Waals surface area contributed by atoms with Crippen molar-refractivity contribution in [3.05, 3.63) is 53.3 Å². The van der Waals surface area contributed by atoms with Crippen LogP contribution in [0.1, 0.15) is 40.3 Å². The van der Waals surface area contributed by atoms with Gasteiger partial charge in [-0.05, 0) is 12.1 Å². The van der Waals surface area contributed by atoms with Gasteiger partial charge >= 0.3 is 0 Å². The minimum absolute atomic E-state index is 0.132. The number of furan rings is 1. The first-order valence-corrected chi connectivity index (χ1v) is 8.91. The Morgan fingerprint density at radius 3 is 3.08 bits per heavy atom. The molecular weight excluding hydrogens is 340 g/mol. The maximum atomic E-state index is 12.7. The molecule has 0 saturated heterocycles. The molecule has 9 heteroatoms. The molecule has 0 radical (unpaired) electrons. The number of aryl methyl sites for hydroxylation is 1. The smallest absolute Gasteiger partial charge is 0.290 e. The molecule has 0 aromatic carbocycles. The molecule has 0 fully saturated rings. The minimum atomic E-state index is -0.132. The van der Waals surface area contributed by atoms with E-state index in [4.69, 9.17) is 4.42 Å².